The van der Waals surface area contributed by atoms with Crippen LogP contribution in [-0.2, 0) is 17.7 Å². The summed E-state index contributed by atoms with van der Waals surface area (Å²) < 4.78 is 5.44. The zero-order valence-corrected chi connectivity index (χ0v) is 16.9. The van der Waals surface area contributed by atoms with Crippen LogP contribution >= 0.6 is 0 Å². The summed E-state index contributed by atoms with van der Waals surface area (Å²) in [6, 6.07) is 21.4. The van der Waals surface area contributed by atoms with Crippen molar-refractivity contribution in [3.8, 4) is 0 Å². The molecule has 0 aliphatic rings. The molecule has 0 saturated heterocycles. The Morgan fingerprint density at radius 1 is 0.893 bits per heavy atom. The van der Waals surface area contributed by atoms with E-state index in [1.807, 2.05) is 12.3 Å². The van der Waals surface area contributed by atoms with E-state index in [9.17, 15) is 0 Å². The Labute approximate surface area is 168 Å². The third-order valence-corrected chi connectivity index (χ3v) is 4.72. The van der Waals surface area contributed by atoms with Crippen molar-refractivity contribution in [1.29, 1.82) is 0 Å². The first-order valence-electron chi connectivity index (χ1n) is 9.69. The van der Waals surface area contributed by atoms with Crippen molar-refractivity contribution in [2.75, 3.05) is 24.4 Å². The van der Waals surface area contributed by atoms with Crippen LogP contribution in [0, 0.1) is 13.8 Å². The summed E-state index contributed by atoms with van der Waals surface area (Å²) in [6.45, 7) is 5.58. The second-order valence-corrected chi connectivity index (χ2v) is 7.23. The summed E-state index contributed by atoms with van der Waals surface area (Å²) >= 11 is 0. The zero-order chi connectivity index (χ0) is 19.8. The number of aryl methyl sites for hydroxylation is 2. The minimum absolute atomic E-state index is 0.141. The molecule has 4 nitrogen and oxygen atoms in total. The van der Waals surface area contributed by atoms with Gasteiger partial charge in [0, 0.05) is 19.9 Å². The number of methoxy groups -OCH3 is 1. The molecule has 3 aromatic rings. The number of aromatic nitrogens is 1. The van der Waals surface area contributed by atoms with Crippen molar-refractivity contribution >= 4 is 11.5 Å². The molecule has 0 radical (unpaired) electrons. The Balaban J connectivity index is 1.68. The quantitative estimate of drug-likeness (QED) is 0.554. The molecule has 0 amide bonds. The standard InChI is InChI=1S/C24H29N3O/c1-18-6-10-20(11-7-18)15-22(17-28-3)27-24-23(5-4-14-25-24)26-16-21-12-8-19(2)9-13-21/h4-14,22,26H,15-17H2,1-3H3,(H,25,27)/t22-/m0/s1. The fourth-order valence-corrected chi connectivity index (χ4v) is 3.12. The molecule has 0 fully saturated rings. The molecular weight excluding hydrogens is 346 g/mol. The Bertz CT molecular complexity index is 860. The number of rotatable bonds is 9. The number of ether oxygens (including phenoxy) is 1. The van der Waals surface area contributed by atoms with Gasteiger partial charge in [0.25, 0.3) is 0 Å². The van der Waals surface area contributed by atoms with E-state index >= 15 is 0 Å². The SMILES string of the molecule is COC[C@H](Cc1ccc(C)cc1)Nc1ncccc1NCc1ccc(C)cc1. The Hall–Kier alpha value is -2.85. The normalized spacial score (nSPS) is 11.8. The molecule has 4 heteroatoms. The summed E-state index contributed by atoms with van der Waals surface area (Å²) in [5, 5.41) is 7.06. The Morgan fingerprint density at radius 3 is 2.18 bits per heavy atom. The number of pyridine rings is 1. The lowest BCUT2D eigenvalue weighted by Crippen LogP contribution is -2.28. The van der Waals surface area contributed by atoms with E-state index in [-0.39, 0.29) is 6.04 Å². The van der Waals surface area contributed by atoms with Gasteiger partial charge in [-0.15, -0.1) is 0 Å². The van der Waals surface area contributed by atoms with Crippen LogP contribution in [0.3, 0.4) is 0 Å². The highest BCUT2D eigenvalue weighted by molar-refractivity contribution is 5.64. The highest BCUT2D eigenvalue weighted by Gasteiger charge is 2.13. The van der Waals surface area contributed by atoms with Crippen LogP contribution in [0.4, 0.5) is 11.5 Å². The van der Waals surface area contributed by atoms with Gasteiger partial charge in [0.2, 0.25) is 0 Å². The molecule has 0 unspecified atom stereocenters. The van der Waals surface area contributed by atoms with Crippen molar-refractivity contribution < 1.29 is 4.74 Å². The van der Waals surface area contributed by atoms with Crippen LogP contribution in [-0.4, -0.2) is 24.7 Å². The molecule has 28 heavy (non-hydrogen) atoms. The fraction of sp³-hybridized carbons (Fsp3) is 0.292. The number of benzene rings is 2. The first-order valence-corrected chi connectivity index (χ1v) is 9.69. The summed E-state index contributed by atoms with van der Waals surface area (Å²) in [5.41, 5.74) is 6.06. The van der Waals surface area contributed by atoms with E-state index in [4.69, 9.17) is 4.74 Å². The van der Waals surface area contributed by atoms with Gasteiger partial charge in [0.05, 0.1) is 18.3 Å². The number of nitrogens with zero attached hydrogens (tertiary/aromatic N) is 1. The lowest BCUT2D eigenvalue weighted by atomic mass is 10.0. The van der Waals surface area contributed by atoms with Crippen molar-refractivity contribution in [2.24, 2.45) is 0 Å². The average Bonchev–Trinajstić information content (AvgIpc) is 2.70. The van der Waals surface area contributed by atoms with Crippen LogP contribution in [0.2, 0.25) is 0 Å². The molecule has 2 N–H and O–H groups in total. The summed E-state index contributed by atoms with van der Waals surface area (Å²) in [6.07, 6.45) is 2.69. The van der Waals surface area contributed by atoms with Gasteiger partial charge in [-0.3, -0.25) is 0 Å². The lowest BCUT2D eigenvalue weighted by molar-refractivity contribution is 0.185. The van der Waals surface area contributed by atoms with Crippen LogP contribution in [0.25, 0.3) is 0 Å². The van der Waals surface area contributed by atoms with Crippen molar-refractivity contribution in [1.82, 2.24) is 4.98 Å². The second-order valence-electron chi connectivity index (χ2n) is 7.23. The predicted molar refractivity (Wildman–Crippen MR) is 117 cm³/mol. The lowest BCUT2D eigenvalue weighted by Gasteiger charge is -2.21. The van der Waals surface area contributed by atoms with E-state index in [1.54, 1.807) is 7.11 Å². The van der Waals surface area contributed by atoms with E-state index in [0.717, 1.165) is 24.5 Å². The Kier molecular flexibility index (Phi) is 7.04. The molecule has 0 aliphatic heterocycles. The fourth-order valence-electron chi connectivity index (χ4n) is 3.12. The van der Waals surface area contributed by atoms with Crippen molar-refractivity contribution in [3.63, 3.8) is 0 Å². The molecule has 1 atom stereocenters. The third-order valence-electron chi connectivity index (χ3n) is 4.72. The second kappa shape index (κ2) is 9.90. The smallest absolute Gasteiger partial charge is 0.149 e. The van der Waals surface area contributed by atoms with Gasteiger partial charge < -0.3 is 15.4 Å². The minimum atomic E-state index is 0.141. The first kappa shape index (κ1) is 19.9. The third kappa shape index (κ3) is 5.83. The molecule has 0 aliphatic carbocycles. The predicted octanol–water partition coefficient (Wildman–Crippen LogP) is 4.98. The zero-order valence-electron chi connectivity index (χ0n) is 16.9. The van der Waals surface area contributed by atoms with E-state index in [2.05, 4.69) is 84.1 Å². The summed E-state index contributed by atoms with van der Waals surface area (Å²) in [7, 11) is 1.73. The van der Waals surface area contributed by atoms with E-state index < -0.39 is 0 Å². The maximum atomic E-state index is 5.44. The van der Waals surface area contributed by atoms with Gasteiger partial charge in [-0.25, -0.2) is 4.98 Å². The Morgan fingerprint density at radius 2 is 1.54 bits per heavy atom. The van der Waals surface area contributed by atoms with E-state index in [1.165, 1.54) is 22.3 Å². The molecule has 3 rings (SSSR count). The first-order chi connectivity index (χ1) is 13.6. The van der Waals surface area contributed by atoms with Crippen molar-refractivity contribution in [3.05, 3.63) is 89.1 Å². The minimum Gasteiger partial charge on any atom is -0.383 e. The van der Waals surface area contributed by atoms with Gasteiger partial charge in [0.1, 0.15) is 5.82 Å². The monoisotopic (exact) mass is 375 g/mol. The van der Waals surface area contributed by atoms with Crippen LogP contribution in [0.5, 0.6) is 0 Å². The number of nitrogens with one attached hydrogen (secondary N) is 2. The van der Waals surface area contributed by atoms with Gasteiger partial charge in [-0.1, -0.05) is 59.7 Å². The molecule has 0 spiro atoms. The number of anilines is 2. The van der Waals surface area contributed by atoms with Crippen molar-refractivity contribution in [2.45, 2.75) is 32.9 Å². The van der Waals surface area contributed by atoms with Gasteiger partial charge in [-0.2, -0.15) is 0 Å². The highest BCUT2D eigenvalue weighted by Crippen LogP contribution is 2.21. The summed E-state index contributed by atoms with van der Waals surface area (Å²) in [4.78, 5) is 4.55. The van der Waals surface area contributed by atoms with E-state index in [0.29, 0.717) is 6.61 Å². The molecule has 0 saturated carbocycles. The molecule has 2 aromatic carbocycles. The molecule has 146 valence electrons. The number of hydrogen-bond donors (Lipinski definition) is 2. The molecular formula is C24H29N3O. The topological polar surface area (TPSA) is 46.2 Å². The number of hydrogen-bond acceptors (Lipinski definition) is 4. The molecule has 0 bridgehead atoms. The highest BCUT2D eigenvalue weighted by atomic mass is 16.5. The maximum Gasteiger partial charge on any atom is 0.149 e. The van der Waals surface area contributed by atoms with Crippen LogP contribution in [0.15, 0.2) is 66.9 Å². The summed E-state index contributed by atoms with van der Waals surface area (Å²) in [5.74, 6) is 0.851. The van der Waals surface area contributed by atoms with Gasteiger partial charge in [-0.05, 0) is 43.5 Å². The van der Waals surface area contributed by atoms with Crippen LogP contribution < -0.4 is 10.6 Å². The van der Waals surface area contributed by atoms with Crippen LogP contribution in [0.1, 0.15) is 22.3 Å². The maximum absolute atomic E-state index is 5.44. The van der Waals surface area contributed by atoms with Gasteiger partial charge in [0.15, 0.2) is 0 Å². The van der Waals surface area contributed by atoms with Gasteiger partial charge >= 0.3 is 0 Å². The average molecular weight is 376 g/mol. The molecule has 1 heterocycles. The molecule has 1 aromatic heterocycles. The largest absolute Gasteiger partial charge is 0.383 e.